The summed E-state index contributed by atoms with van der Waals surface area (Å²) in [6.45, 7) is 2.26. The molecule has 0 spiro atoms. The van der Waals surface area contributed by atoms with E-state index >= 15 is 0 Å². The molecular formula is C18H19N3O2S. The van der Waals surface area contributed by atoms with Crippen LogP contribution in [0.4, 0.5) is 5.69 Å². The normalized spacial score (nSPS) is 15.5. The fourth-order valence-corrected chi connectivity index (χ4v) is 3.64. The van der Waals surface area contributed by atoms with Crippen LogP contribution >= 0.6 is 11.3 Å². The van der Waals surface area contributed by atoms with Gasteiger partial charge >= 0.3 is 0 Å². The second kappa shape index (κ2) is 7.15. The number of nitrogens with zero attached hydrogens (tertiary/aromatic N) is 2. The smallest absolute Gasteiger partial charge is 0.213 e. The van der Waals surface area contributed by atoms with Crippen LogP contribution in [-0.4, -0.2) is 29.3 Å². The van der Waals surface area contributed by atoms with E-state index in [0.29, 0.717) is 5.88 Å². The second-order valence-corrected chi connectivity index (χ2v) is 6.70. The third kappa shape index (κ3) is 3.49. The molecule has 0 aliphatic carbocycles. The van der Waals surface area contributed by atoms with E-state index in [0.717, 1.165) is 49.4 Å². The van der Waals surface area contributed by atoms with Crippen molar-refractivity contribution < 1.29 is 9.47 Å². The van der Waals surface area contributed by atoms with E-state index in [9.17, 15) is 0 Å². The van der Waals surface area contributed by atoms with Crippen LogP contribution in [0.3, 0.4) is 0 Å². The number of anilines is 1. The Hall–Kier alpha value is -2.18. The minimum atomic E-state index is 0.209. The number of hydrogen-bond acceptors (Lipinski definition) is 6. The Kier molecular flexibility index (Phi) is 4.57. The molecule has 0 bridgehead atoms. The van der Waals surface area contributed by atoms with E-state index in [4.69, 9.17) is 9.47 Å². The number of rotatable bonds is 5. The fourth-order valence-electron chi connectivity index (χ4n) is 2.80. The lowest BCUT2D eigenvalue weighted by Crippen LogP contribution is -2.26. The molecule has 1 aliphatic rings. The van der Waals surface area contributed by atoms with Crippen molar-refractivity contribution in [1.82, 2.24) is 9.97 Å². The van der Waals surface area contributed by atoms with Crippen molar-refractivity contribution in [2.24, 2.45) is 0 Å². The largest absolute Gasteiger partial charge is 0.474 e. The molecule has 0 atom stereocenters. The highest BCUT2D eigenvalue weighted by Gasteiger charge is 2.15. The van der Waals surface area contributed by atoms with E-state index in [1.807, 2.05) is 30.5 Å². The number of thiophene rings is 1. The van der Waals surface area contributed by atoms with Crippen LogP contribution < -0.4 is 10.1 Å². The van der Waals surface area contributed by atoms with Gasteiger partial charge in [0.1, 0.15) is 6.10 Å². The van der Waals surface area contributed by atoms with Crippen LogP contribution in [-0.2, 0) is 11.3 Å². The van der Waals surface area contributed by atoms with Gasteiger partial charge in [-0.3, -0.25) is 4.98 Å². The zero-order chi connectivity index (χ0) is 16.2. The van der Waals surface area contributed by atoms with E-state index in [1.165, 1.54) is 4.70 Å². The third-order valence-electron chi connectivity index (χ3n) is 4.08. The minimum Gasteiger partial charge on any atom is -0.474 e. The second-order valence-electron chi connectivity index (χ2n) is 5.78. The SMILES string of the molecule is c1cc(CNc2ccnc3ccsc23)cc(OC2CCOCC2)n1. The van der Waals surface area contributed by atoms with Gasteiger partial charge in [-0.15, -0.1) is 11.3 Å². The van der Waals surface area contributed by atoms with Gasteiger partial charge in [-0.2, -0.15) is 0 Å². The van der Waals surface area contributed by atoms with Crippen molar-refractivity contribution in [2.45, 2.75) is 25.5 Å². The molecule has 0 saturated carbocycles. The summed E-state index contributed by atoms with van der Waals surface area (Å²) in [4.78, 5) is 8.70. The summed E-state index contributed by atoms with van der Waals surface area (Å²) in [5.41, 5.74) is 3.29. The van der Waals surface area contributed by atoms with E-state index in [-0.39, 0.29) is 6.10 Å². The van der Waals surface area contributed by atoms with Crippen molar-refractivity contribution in [3.05, 3.63) is 47.6 Å². The maximum atomic E-state index is 5.98. The first kappa shape index (κ1) is 15.4. The molecule has 3 aromatic heterocycles. The molecule has 0 aromatic carbocycles. The van der Waals surface area contributed by atoms with Gasteiger partial charge in [-0.1, -0.05) is 0 Å². The summed E-state index contributed by atoms with van der Waals surface area (Å²) >= 11 is 1.70. The van der Waals surface area contributed by atoms with Crippen molar-refractivity contribution in [3.63, 3.8) is 0 Å². The van der Waals surface area contributed by atoms with Crippen molar-refractivity contribution in [2.75, 3.05) is 18.5 Å². The van der Waals surface area contributed by atoms with Gasteiger partial charge in [0.15, 0.2) is 0 Å². The highest BCUT2D eigenvalue weighted by atomic mass is 32.1. The van der Waals surface area contributed by atoms with Crippen LogP contribution in [0.25, 0.3) is 10.2 Å². The van der Waals surface area contributed by atoms with Gasteiger partial charge in [0.2, 0.25) is 5.88 Å². The molecule has 4 heterocycles. The zero-order valence-corrected chi connectivity index (χ0v) is 14.1. The molecule has 1 aliphatic heterocycles. The van der Waals surface area contributed by atoms with Crippen molar-refractivity contribution >= 4 is 27.2 Å². The Labute approximate surface area is 144 Å². The number of nitrogens with one attached hydrogen (secondary N) is 1. The summed E-state index contributed by atoms with van der Waals surface area (Å²) in [5, 5.41) is 5.55. The lowest BCUT2D eigenvalue weighted by Gasteiger charge is -2.22. The molecule has 0 unspecified atom stereocenters. The van der Waals surface area contributed by atoms with Crippen molar-refractivity contribution in [3.8, 4) is 5.88 Å². The van der Waals surface area contributed by atoms with Crippen LogP contribution in [0.15, 0.2) is 42.0 Å². The quantitative estimate of drug-likeness (QED) is 0.764. The van der Waals surface area contributed by atoms with Gasteiger partial charge in [0.25, 0.3) is 0 Å². The summed E-state index contributed by atoms with van der Waals surface area (Å²) < 4.78 is 12.5. The molecule has 1 fully saturated rings. The lowest BCUT2D eigenvalue weighted by molar-refractivity contribution is 0.0237. The highest BCUT2D eigenvalue weighted by Crippen LogP contribution is 2.27. The first-order valence-electron chi connectivity index (χ1n) is 8.14. The maximum absolute atomic E-state index is 5.98. The molecular weight excluding hydrogens is 322 g/mol. The zero-order valence-electron chi connectivity index (χ0n) is 13.3. The summed E-state index contributed by atoms with van der Waals surface area (Å²) in [5.74, 6) is 0.692. The maximum Gasteiger partial charge on any atom is 0.213 e. The highest BCUT2D eigenvalue weighted by molar-refractivity contribution is 7.17. The number of fused-ring (bicyclic) bond motifs is 1. The number of aromatic nitrogens is 2. The Morgan fingerprint density at radius 2 is 2.04 bits per heavy atom. The number of ether oxygens (including phenoxy) is 2. The monoisotopic (exact) mass is 341 g/mol. The Balaban J connectivity index is 1.43. The Morgan fingerprint density at radius 1 is 1.17 bits per heavy atom. The Bertz CT molecular complexity index is 815. The fraction of sp³-hybridized carbons (Fsp3) is 0.333. The lowest BCUT2D eigenvalue weighted by atomic mass is 10.1. The van der Waals surface area contributed by atoms with Crippen molar-refractivity contribution in [1.29, 1.82) is 0 Å². The molecule has 5 nitrogen and oxygen atoms in total. The van der Waals surface area contributed by atoms with Gasteiger partial charge in [-0.25, -0.2) is 4.98 Å². The first-order valence-corrected chi connectivity index (χ1v) is 9.02. The molecule has 0 amide bonds. The van der Waals surface area contributed by atoms with Gasteiger partial charge < -0.3 is 14.8 Å². The first-order chi connectivity index (χ1) is 11.9. The molecule has 0 radical (unpaired) electrons. The van der Waals surface area contributed by atoms with Crippen LogP contribution in [0.1, 0.15) is 18.4 Å². The molecule has 124 valence electrons. The predicted octanol–water partition coefficient (Wildman–Crippen LogP) is 3.86. The summed E-state index contributed by atoms with van der Waals surface area (Å²) in [7, 11) is 0. The minimum absolute atomic E-state index is 0.209. The van der Waals surface area contributed by atoms with Crippen LogP contribution in [0.5, 0.6) is 5.88 Å². The van der Waals surface area contributed by atoms with Gasteiger partial charge in [-0.05, 0) is 29.1 Å². The molecule has 6 heteroatoms. The topological polar surface area (TPSA) is 56.3 Å². The molecule has 1 N–H and O–H groups in total. The third-order valence-corrected chi connectivity index (χ3v) is 5.02. The van der Waals surface area contributed by atoms with Crippen LogP contribution in [0.2, 0.25) is 0 Å². The predicted molar refractivity (Wildman–Crippen MR) is 95.7 cm³/mol. The number of hydrogen-bond donors (Lipinski definition) is 1. The van der Waals surface area contributed by atoms with Crippen LogP contribution in [0, 0.1) is 0 Å². The van der Waals surface area contributed by atoms with E-state index < -0.39 is 0 Å². The molecule has 24 heavy (non-hydrogen) atoms. The van der Waals surface area contributed by atoms with Gasteiger partial charge in [0, 0.05) is 37.8 Å². The molecule has 1 saturated heterocycles. The molecule has 4 rings (SSSR count). The molecule has 3 aromatic rings. The number of pyridine rings is 2. The Morgan fingerprint density at radius 3 is 2.96 bits per heavy atom. The summed E-state index contributed by atoms with van der Waals surface area (Å²) in [6.07, 6.45) is 5.71. The van der Waals surface area contributed by atoms with E-state index in [2.05, 4.69) is 20.7 Å². The summed E-state index contributed by atoms with van der Waals surface area (Å²) in [6, 6.07) is 8.07. The van der Waals surface area contributed by atoms with E-state index in [1.54, 1.807) is 17.5 Å². The average molecular weight is 341 g/mol. The average Bonchev–Trinajstić information content (AvgIpc) is 3.10. The van der Waals surface area contributed by atoms with Gasteiger partial charge in [0.05, 0.1) is 29.1 Å². The standard InChI is InChI=1S/C18H19N3O2S/c1-6-20-17(23-14-3-8-22-9-4-14)11-13(1)12-21-15-2-7-19-16-5-10-24-18(15)16/h1-2,5-7,10-11,14H,3-4,8-9,12H2,(H,19,21).